The Hall–Kier alpha value is -1.77. The van der Waals surface area contributed by atoms with Crippen molar-refractivity contribution in [2.24, 2.45) is 5.73 Å². The normalized spacial score (nSPS) is 12.1. The fourth-order valence-electron chi connectivity index (χ4n) is 1.19. The highest BCUT2D eigenvalue weighted by atomic mass is 16.3. The Bertz CT molecular complexity index is 351. The summed E-state index contributed by atoms with van der Waals surface area (Å²) < 4.78 is 0. The summed E-state index contributed by atoms with van der Waals surface area (Å²) in [7, 11) is 0. The van der Waals surface area contributed by atoms with Gasteiger partial charge in [-0.2, -0.15) is 0 Å². The van der Waals surface area contributed by atoms with Crippen molar-refractivity contribution in [3.63, 3.8) is 0 Å². The molecule has 0 atom stereocenters. The van der Waals surface area contributed by atoms with Crippen molar-refractivity contribution in [1.82, 2.24) is 0 Å². The standard InChI is InChI=1S/C11H13NO2/c1-8(13)10(11(12)14)7-9-5-3-2-4-6-9/h2-6,13H,7H2,1H3,(H2,12,14)/p-1/b10-8+. The Morgan fingerprint density at radius 1 is 1.36 bits per heavy atom. The lowest BCUT2D eigenvalue weighted by Gasteiger charge is -2.12. The summed E-state index contributed by atoms with van der Waals surface area (Å²) in [6, 6.07) is 9.29. The molecule has 0 radical (unpaired) electrons. The molecule has 0 heterocycles. The molecule has 2 N–H and O–H groups in total. The predicted molar refractivity (Wildman–Crippen MR) is 52.0 cm³/mol. The van der Waals surface area contributed by atoms with Gasteiger partial charge in [0.25, 0.3) is 0 Å². The van der Waals surface area contributed by atoms with Crippen LogP contribution in [-0.2, 0) is 11.2 Å². The fourth-order valence-corrected chi connectivity index (χ4v) is 1.19. The average Bonchev–Trinajstić information content (AvgIpc) is 2.15. The highest BCUT2D eigenvalue weighted by Gasteiger charge is 2.05. The second-order valence-corrected chi connectivity index (χ2v) is 3.06. The van der Waals surface area contributed by atoms with E-state index in [0.717, 1.165) is 5.56 Å². The lowest BCUT2D eigenvalue weighted by Crippen LogP contribution is -2.20. The van der Waals surface area contributed by atoms with Gasteiger partial charge in [-0.1, -0.05) is 37.3 Å². The van der Waals surface area contributed by atoms with E-state index in [1.807, 2.05) is 30.3 Å². The smallest absolute Gasteiger partial charge is 0.244 e. The first kappa shape index (κ1) is 10.3. The van der Waals surface area contributed by atoms with Crippen LogP contribution in [-0.4, -0.2) is 5.91 Å². The van der Waals surface area contributed by atoms with E-state index in [2.05, 4.69) is 0 Å². The maximum Gasteiger partial charge on any atom is 0.244 e. The van der Waals surface area contributed by atoms with Crippen molar-refractivity contribution in [2.45, 2.75) is 13.3 Å². The number of hydrogen-bond acceptors (Lipinski definition) is 2. The highest BCUT2D eigenvalue weighted by Crippen LogP contribution is 2.08. The minimum absolute atomic E-state index is 0.149. The summed E-state index contributed by atoms with van der Waals surface area (Å²) in [5.74, 6) is -0.900. The monoisotopic (exact) mass is 190 g/mol. The molecule has 0 bridgehead atoms. The van der Waals surface area contributed by atoms with E-state index >= 15 is 0 Å². The number of rotatable bonds is 3. The van der Waals surface area contributed by atoms with Crippen LogP contribution in [0.5, 0.6) is 0 Å². The maximum absolute atomic E-state index is 11.1. The lowest BCUT2D eigenvalue weighted by atomic mass is 10.0. The first-order chi connectivity index (χ1) is 6.61. The molecule has 0 aromatic heterocycles. The molecule has 0 saturated carbocycles. The topological polar surface area (TPSA) is 66.2 Å². The van der Waals surface area contributed by atoms with Crippen molar-refractivity contribution >= 4 is 5.91 Å². The molecular formula is C11H12NO2-. The van der Waals surface area contributed by atoms with Crippen molar-refractivity contribution < 1.29 is 9.90 Å². The van der Waals surface area contributed by atoms with Gasteiger partial charge in [-0.15, -0.1) is 5.76 Å². The van der Waals surface area contributed by atoms with Crippen LogP contribution in [0, 0.1) is 0 Å². The van der Waals surface area contributed by atoms with Crippen LogP contribution in [0.3, 0.4) is 0 Å². The predicted octanol–water partition coefficient (Wildman–Crippen LogP) is 0.349. The van der Waals surface area contributed by atoms with Gasteiger partial charge in [0.1, 0.15) is 0 Å². The van der Waals surface area contributed by atoms with Gasteiger partial charge in [0.05, 0.1) is 0 Å². The van der Waals surface area contributed by atoms with E-state index in [4.69, 9.17) is 5.73 Å². The third-order valence-corrected chi connectivity index (χ3v) is 1.95. The van der Waals surface area contributed by atoms with Crippen molar-refractivity contribution in [3.05, 3.63) is 47.2 Å². The van der Waals surface area contributed by atoms with Crippen LogP contribution in [0.15, 0.2) is 41.7 Å². The number of hydrogen-bond donors (Lipinski definition) is 1. The number of nitrogens with two attached hydrogens (primary N) is 1. The van der Waals surface area contributed by atoms with E-state index in [1.54, 1.807) is 0 Å². The molecule has 0 aliphatic heterocycles. The zero-order valence-corrected chi connectivity index (χ0v) is 7.99. The zero-order chi connectivity index (χ0) is 10.6. The van der Waals surface area contributed by atoms with E-state index < -0.39 is 5.91 Å². The van der Waals surface area contributed by atoms with Crippen LogP contribution in [0.2, 0.25) is 0 Å². The summed E-state index contributed by atoms with van der Waals surface area (Å²) in [6.07, 6.45) is 0.311. The van der Waals surface area contributed by atoms with Gasteiger partial charge in [-0.05, 0) is 5.56 Å². The molecule has 1 aromatic carbocycles. The number of carbonyl (C=O) groups excluding carboxylic acids is 1. The Kier molecular flexibility index (Phi) is 3.29. The summed E-state index contributed by atoms with van der Waals surface area (Å²) >= 11 is 0. The summed E-state index contributed by atoms with van der Waals surface area (Å²) in [5.41, 5.74) is 6.15. The van der Waals surface area contributed by atoms with Gasteiger partial charge < -0.3 is 10.8 Å². The molecule has 0 unspecified atom stereocenters. The summed E-state index contributed by atoms with van der Waals surface area (Å²) in [6.45, 7) is 1.35. The van der Waals surface area contributed by atoms with Crippen LogP contribution in [0.1, 0.15) is 12.5 Å². The Balaban J connectivity index is 2.87. The molecule has 1 amide bonds. The van der Waals surface area contributed by atoms with Crippen LogP contribution in [0.4, 0.5) is 0 Å². The molecule has 3 heteroatoms. The molecular weight excluding hydrogens is 178 g/mol. The second-order valence-electron chi connectivity index (χ2n) is 3.06. The van der Waals surface area contributed by atoms with Crippen molar-refractivity contribution in [3.8, 4) is 0 Å². The van der Waals surface area contributed by atoms with Crippen LogP contribution < -0.4 is 10.8 Å². The molecule has 0 spiro atoms. The first-order valence-corrected chi connectivity index (χ1v) is 4.31. The first-order valence-electron chi connectivity index (χ1n) is 4.31. The molecule has 1 rings (SSSR count). The molecule has 0 aliphatic rings. The lowest BCUT2D eigenvalue weighted by molar-refractivity contribution is -0.303. The van der Waals surface area contributed by atoms with Gasteiger partial charge in [0.15, 0.2) is 0 Å². The van der Waals surface area contributed by atoms with Gasteiger partial charge in [0.2, 0.25) is 5.91 Å². The van der Waals surface area contributed by atoms with Crippen LogP contribution in [0.25, 0.3) is 0 Å². The number of benzene rings is 1. The zero-order valence-electron chi connectivity index (χ0n) is 7.99. The number of amides is 1. The molecule has 74 valence electrons. The average molecular weight is 190 g/mol. The third-order valence-electron chi connectivity index (χ3n) is 1.95. The summed E-state index contributed by atoms with van der Waals surface area (Å²) in [5, 5.41) is 11.1. The quantitative estimate of drug-likeness (QED) is 0.552. The second kappa shape index (κ2) is 4.46. The minimum atomic E-state index is -0.638. The minimum Gasteiger partial charge on any atom is -0.875 e. The Morgan fingerprint density at radius 2 is 1.93 bits per heavy atom. The number of primary amides is 1. The molecule has 14 heavy (non-hydrogen) atoms. The maximum atomic E-state index is 11.1. The van der Waals surface area contributed by atoms with E-state index in [1.165, 1.54) is 6.92 Å². The molecule has 3 nitrogen and oxygen atoms in total. The van der Waals surface area contributed by atoms with Gasteiger partial charge in [-0.3, -0.25) is 4.79 Å². The molecule has 0 saturated heterocycles. The van der Waals surface area contributed by atoms with Gasteiger partial charge >= 0.3 is 0 Å². The Labute approximate surface area is 82.9 Å². The van der Waals surface area contributed by atoms with Gasteiger partial charge in [0, 0.05) is 12.0 Å². The largest absolute Gasteiger partial charge is 0.875 e. The fraction of sp³-hybridized carbons (Fsp3) is 0.182. The van der Waals surface area contributed by atoms with E-state index in [0.29, 0.717) is 6.42 Å². The van der Waals surface area contributed by atoms with Crippen LogP contribution >= 0.6 is 0 Å². The third kappa shape index (κ3) is 2.62. The molecule has 0 fully saturated rings. The summed E-state index contributed by atoms with van der Waals surface area (Å²) in [4.78, 5) is 10.9. The molecule has 0 aliphatic carbocycles. The van der Waals surface area contributed by atoms with Gasteiger partial charge in [-0.25, -0.2) is 0 Å². The van der Waals surface area contributed by atoms with Crippen molar-refractivity contribution in [1.29, 1.82) is 0 Å². The number of allylic oxidation sites excluding steroid dienone is 1. The number of carbonyl (C=O) groups is 1. The highest BCUT2D eigenvalue weighted by molar-refractivity contribution is 5.92. The SMILES string of the molecule is C/C([O-])=C(/Cc1ccccc1)C(N)=O. The van der Waals surface area contributed by atoms with Crippen molar-refractivity contribution in [2.75, 3.05) is 0 Å². The van der Waals surface area contributed by atoms with E-state index in [9.17, 15) is 9.90 Å². The molecule has 1 aromatic rings. The Morgan fingerprint density at radius 3 is 2.36 bits per heavy atom. The van der Waals surface area contributed by atoms with E-state index in [-0.39, 0.29) is 11.3 Å².